The van der Waals surface area contributed by atoms with Crippen LogP contribution in [0.2, 0.25) is 0 Å². The van der Waals surface area contributed by atoms with Gasteiger partial charge in [-0.3, -0.25) is 5.41 Å². The van der Waals surface area contributed by atoms with Crippen molar-refractivity contribution < 1.29 is 0 Å². The Balaban J connectivity index is 2.13. The fourth-order valence-electron chi connectivity index (χ4n) is 1.77. The predicted octanol–water partition coefficient (Wildman–Crippen LogP) is 2.28. The van der Waals surface area contributed by atoms with E-state index in [2.05, 4.69) is 15.0 Å². The predicted molar refractivity (Wildman–Crippen MR) is 73.0 cm³/mol. The zero-order valence-electron chi connectivity index (χ0n) is 9.69. The van der Waals surface area contributed by atoms with Gasteiger partial charge in [0.15, 0.2) is 5.82 Å². The lowest BCUT2D eigenvalue weighted by Gasteiger charge is -1.96. The number of nitrogens with two attached hydrogens (primary N) is 1. The number of H-pyrrole nitrogens is 1. The molecular formula is C12H11N5S. The number of benzene rings is 1. The van der Waals surface area contributed by atoms with E-state index in [1.54, 1.807) is 17.4 Å². The van der Waals surface area contributed by atoms with E-state index < -0.39 is 0 Å². The van der Waals surface area contributed by atoms with Gasteiger partial charge in [-0.25, -0.2) is 9.97 Å². The molecule has 0 aliphatic carbocycles. The zero-order chi connectivity index (χ0) is 12.7. The average Bonchev–Trinajstić information content (AvgIpc) is 2.93. The lowest BCUT2D eigenvalue weighted by molar-refractivity contribution is 1.23. The van der Waals surface area contributed by atoms with Crippen LogP contribution in [0.3, 0.4) is 0 Å². The lowest BCUT2D eigenvalue weighted by Crippen LogP contribution is -2.10. The molecule has 5 nitrogen and oxygen atoms in total. The van der Waals surface area contributed by atoms with Gasteiger partial charge in [0, 0.05) is 10.9 Å². The van der Waals surface area contributed by atoms with Crippen LogP contribution >= 0.6 is 11.3 Å². The molecular weight excluding hydrogens is 246 g/mol. The Morgan fingerprint density at radius 2 is 2.22 bits per heavy atom. The van der Waals surface area contributed by atoms with Gasteiger partial charge < -0.3 is 10.7 Å². The number of nitrogens with one attached hydrogen (secondary N) is 2. The van der Waals surface area contributed by atoms with Crippen LogP contribution in [0, 0.1) is 12.3 Å². The van der Waals surface area contributed by atoms with E-state index in [-0.39, 0.29) is 5.84 Å². The number of rotatable bonds is 2. The second kappa shape index (κ2) is 3.92. The van der Waals surface area contributed by atoms with Crippen LogP contribution in [0.15, 0.2) is 23.6 Å². The molecule has 2 aromatic heterocycles. The van der Waals surface area contributed by atoms with Crippen molar-refractivity contribution in [3.05, 3.63) is 34.2 Å². The van der Waals surface area contributed by atoms with Gasteiger partial charge in [0.2, 0.25) is 0 Å². The Labute approximate surface area is 107 Å². The van der Waals surface area contributed by atoms with Gasteiger partial charge >= 0.3 is 0 Å². The van der Waals surface area contributed by atoms with Crippen LogP contribution in [0.4, 0.5) is 0 Å². The molecule has 0 aliphatic heterocycles. The Morgan fingerprint density at radius 3 is 2.89 bits per heavy atom. The maximum atomic E-state index is 7.42. The highest BCUT2D eigenvalue weighted by Crippen LogP contribution is 2.22. The third-order valence-corrected chi connectivity index (χ3v) is 3.43. The number of imidazole rings is 1. The number of fused-ring (bicyclic) bond motifs is 1. The van der Waals surface area contributed by atoms with Crippen molar-refractivity contribution in [2.75, 3.05) is 0 Å². The van der Waals surface area contributed by atoms with E-state index in [0.717, 1.165) is 27.6 Å². The minimum atomic E-state index is 0.0533. The summed E-state index contributed by atoms with van der Waals surface area (Å²) in [7, 11) is 0. The molecule has 1 aromatic carbocycles. The number of aromatic nitrogens is 3. The van der Waals surface area contributed by atoms with Crippen molar-refractivity contribution in [2.24, 2.45) is 5.73 Å². The zero-order valence-corrected chi connectivity index (χ0v) is 10.5. The minimum absolute atomic E-state index is 0.0533. The summed E-state index contributed by atoms with van der Waals surface area (Å²) in [6.45, 7) is 1.96. The fraction of sp³-hybridized carbons (Fsp3) is 0.0833. The quantitative estimate of drug-likeness (QED) is 0.486. The molecule has 0 amide bonds. The summed E-state index contributed by atoms with van der Waals surface area (Å²) in [5, 5.41) is 10.4. The van der Waals surface area contributed by atoms with Gasteiger partial charge in [-0.15, -0.1) is 11.3 Å². The van der Waals surface area contributed by atoms with Crippen molar-refractivity contribution in [1.29, 1.82) is 5.41 Å². The highest BCUT2D eigenvalue weighted by molar-refractivity contribution is 7.09. The first kappa shape index (κ1) is 10.9. The van der Waals surface area contributed by atoms with E-state index in [0.29, 0.717) is 5.56 Å². The maximum absolute atomic E-state index is 7.42. The Bertz CT molecular complexity index is 740. The molecule has 90 valence electrons. The largest absolute Gasteiger partial charge is 0.384 e. The smallest absolute Gasteiger partial charge is 0.158 e. The first-order valence-corrected chi connectivity index (χ1v) is 6.28. The molecule has 6 heteroatoms. The van der Waals surface area contributed by atoms with Crippen molar-refractivity contribution in [1.82, 2.24) is 15.0 Å². The lowest BCUT2D eigenvalue weighted by atomic mass is 10.2. The molecule has 4 N–H and O–H groups in total. The van der Waals surface area contributed by atoms with Crippen LogP contribution in [0.5, 0.6) is 0 Å². The summed E-state index contributed by atoms with van der Waals surface area (Å²) < 4.78 is 0. The molecule has 0 saturated carbocycles. The number of nitrogen functional groups attached to an aromatic ring is 1. The summed E-state index contributed by atoms with van der Waals surface area (Å²) >= 11 is 1.59. The molecule has 0 unspecified atom stereocenters. The maximum Gasteiger partial charge on any atom is 0.158 e. The van der Waals surface area contributed by atoms with Crippen LogP contribution in [-0.4, -0.2) is 20.8 Å². The van der Waals surface area contributed by atoms with E-state index in [1.165, 1.54) is 0 Å². The van der Waals surface area contributed by atoms with Gasteiger partial charge in [0.05, 0.1) is 16.0 Å². The summed E-state index contributed by atoms with van der Waals surface area (Å²) in [6.07, 6.45) is 0. The normalized spacial score (nSPS) is 10.9. The summed E-state index contributed by atoms with van der Waals surface area (Å²) in [4.78, 5) is 12.1. The summed E-state index contributed by atoms with van der Waals surface area (Å²) in [5.74, 6) is 0.799. The highest BCUT2D eigenvalue weighted by atomic mass is 32.1. The first-order chi connectivity index (χ1) is 8.63. The number of thiazole rings is 1. The van der Waals surface area contributed by atoms with Crippen molar-refractivity contribution in [2.45, 2.75) is 6.92 Å². The van der Waals surface area contributed by atoms with Gasteiger partial charge in [0.25, 0.3) is 0 Å². The Hall–Kier alpha value is -2.21. The van der Waals surface area contributed by atoms with Crippen molar-refractivity contribution >= 4 is 28.2 Å². The highest BCUT2D eigenvalue weighted by Gasteiger charge is 2.09. The summed E-state index contributed by atoms with van der Waals surface area (Å²) in [6, 6.07) is 5.47. The minimum Gasteiger partial charge on any atom is -0.384 e. The molecule has 0 aliphatic rings. The van der Waals surface area contributed by atoms with E-state index in [1.807, 2.05) is 24.4 Å². The first-order valence-electron chi connectivity index (χ1n) is 5.40. The second-order valence-corrected chi connectivity index (χ2v) is 5.05. The Morgan fingerprint density at radius 1 is 1.39 bits per heavy atom. The van der Waals surface area contributed by atoms with Crippen LogP contribution in [-0.2, 0) is 0 Å². The number of hydrogen-bond donors (Lipinski definition) is 3. The number of amidine groups is 1. The standard InChI is InChI=1S/C12H11N5S/c1-6-15-10(5-18-6)12-16-8-3-2-7(11(13)14)4-9(8)17-12/h2-5H,1H3,(H3,13,14)(H,16,17). The average molecular weight is 257 g/mol. The molecule has 0 bridgehead atoms. The van der Waals surface area contributed by atoms with E-state index >= 15 is 0 Å². The monoisotopic (exact) mass is 257 g/mol. The van der Waals surface area contributed by atoms with Gasteiger partial charge in [-0.2, -0.15) is 0 Å². The molecule has 3 aromatic rings. The number of aromatic amines is 1. The van der Waals surface area contributed by atoms with Crippen LogP contribution < -0.4 is 5.73 Å². The number of nitrogens with zero attached hydrogens (tertiary/aromatic N) is 2. The van der Waals surface area contributed by atoms with Crippen LogP contribution in [0.1, 0.15) is 10.6 Å². The van der Waals surface area contributed by atoms with Gasteiger partial charge in [0.1, 0.15) is 11.5 Å². The molecule has 3 rings (SSSR count). The number of aryl methyl sites for hydroxylation is 1. The summed E-state index contributed by atoms with van der Waals surface area (Å²) in [5.41, 5.74) is 8.71. The molecule has 18 heavy (non-hydrogen) atoms. The molecule has 0 radical (unpaired) electrons. The van der Waals surface area contributed by atoms with E-state index in [4.69, 9.17) is 11.1 Å². The second-order valence-electron chi connectivity index (χ2n) is 3.98. The molecule has 2 heterocycles. The molecule has 0 saturated heterocycles. The molecule has 0 atom stereocenters. The van der Waals surface area contributed by atoms with Crippen LogP contribution in [0.25, 0.3) is 22.6 Å². The third-order valence-electron chi connectivity index (χ3n) is 2.65. The van der Waals surface area contributed by atoms with E-state index in [9.17, 15) is 0 Å². The van der Waals surface area contributed by atoms with Gasteiger partial charge in [-0.05, 0) is 25.1 Å². The SMILES string of the molecule is Cc1nc(-c2nc3ccc(C(=N)N)cc3[nH]2)cs1. The molecule has 0 spiro atoms. The fourth-order valence-corrected chi connectivity index (χ4v) is 2.37. The molecule has 0 fully saturated rings. The third kappa shape index (κ3) is 1.76. The van der Waals surface area contributed by atoms with Crippen molar-refractivity contribution in [3.8, 4) is 11.5 Å². The van der Waals surface area contributed by atoms with Gasteiger partial charge in [-0.1, -0.05) is 0 Å². The number of hydrogen-bond acceptors (Lipinski definition) is 4. The van der Waals surface area contributed by atoms with Crippen molar-refractivity contribution in [3.63, 3.8) is 0 Å². The Kier molecular flexibility index (Phi) is 2.38. The topological polar surface area (TPSA) is 91.4 Å².